The van der Waals surface area contributed by atoms with E-state index in [1.165, 1.54) is 0 Å². The van der Waals surface area contributed by atoms with Crippen molar-refractivity contribution in [1.29, 1.82) is 0 Å². The summed E-state index contributed by atoms with van der Waals surface area (Å²) in [5, 5.41) is 29.0. The molecule has 214 valence electrons. The van der Waals surface area contributed by atoms with Crippen LogP contribution in [0.2, 0.25) is 10.0 Å². The Morgan fingerprint density at radius 2 is 0.841 bits per heavy atom. The molecule has 6 aromatic carbocycles. The van der Waals surface area contributed by atoms with Gasteiger partial charge in [0.25, 0.3) is 0 Å². The highest BCUT2D eigenvalue weighted by molar-refractivity contribution is 6.31. The van der Waals surface area contributed by atoms with Gasteiger partial charge in [0.15, 0.2) is 0 Å². The average Bonchev–Trinajstić information content (AvgIpc) is 3.52. The minimum absolute atomic E-state index is 0.142. The quantitative estimate of drug-likeness (QED) is 0.208. The van der Waals surface area contributed by atoms with E-state index in [4.69, 9.17) is 23.2 Å². The van der Waals surface area contributed by atoms with E-state index in [0.717, 1.165) is 66.1 Å². The third-order valence-electron chi connectivity index (χ3n) is 8.68. The Labute approximate surface area is 263 Å². The fourth-order valence-electron chi connectivity index (χ4n) is 6.84. The van der Waals surface area contributed by atoms with E-state index in [-0.39, 0.29) is 11.5 Å². The molecule has 6 heteroatoms. The maximum atomic E-state index is 12.2. The molecule has 0 aliphatic carbocycles. The molecule has 0 bridgehead atoms. The summed E-state index contributed by atoms with van der Waals surface area (Å²) in [6, 6.07) is 35.7. The molecule has 0 saturated carbocycles. The number of phenolic OH excluding ortho intramolecular Hbond substituents is 2. The third kappa shape index (κ3) is 3.78. The topological polar surface area (TPSA) is 50.3 Å². The monoisotopic (exact) mass is 612 g/mol. The largest absolute Gasteiger partial charge is 0.507 e. The normalized spacial score (nSPS) is 11.8. The molecule has 2 N–H and O–H groups in total. The number of hydrogen-bond acceptors (Lipinski definition) is 2. The highest BCUT2D eigenvalue weighted by atomic mass is 35.5. The van der Waals surface area contributed by atoms with Gasteiger partial charge in [0, 0.05) is 43.3 Å². The summed E-state index contributed by atoms with van der Waals surface area (Å²) < 4.78 is 4.29. The summed E-state index contributed by atoms with van der Waals surface area (Å²) >= 11 is 12.4. The van der Waals surface area contributed by atoms with Gasteiger partial charge in [0.1, 0.15) is 11.5 Å². The summed E-state index contributed by atoms with van der Waals surface area (Å²) in [4.78, 5) is 0. The van der Waals surface area contributed by atoms with Gasteiger partial charge in [-0.25, -0.2) is 0 Å². The fourth-order valence-corrected chi connectivity index (χ4v) is 7.09. The summed E-state index contributed by atoms with van der Waals surface area (Å²) in [6.45, 7) is 3.97. The van der Waals surface area contributed by atoms with Gasteiger partial charge in [-0.3, -0.25) is 0 Å². The zero-order valence-corrected chi connectivity index (χ0v) is 25.4. The fraction of sp³-hybridized carbons (Fsp3) is 0.0526. The SMILES string of the molecule is Cc1cc2c(c(O)c1-c1c(C)cc3c(c1O)c1ccccc1n3-c1ccc(Cl)cc1)c1ccccc1n2-c1ccc(Cl)cc1. The number of halogens is 2. The lowest BCUT2D eigenvalue weighted by Crippen LogP contribution is -1.96. The van der Waals surface area contributed by atoms with E-state index in [1.807, 2.05) is 98.8 Å². The zero-order valence-electron chi connectivity index (χ0n) is 23.9. The van der Waals surface area contributed by atoms with E-state index < -0.39 is 0 Å². The van der Waals surface area contributed by atoms with Crippen LogP contribution in [-0.4, -0.2) is 19.3 Å². The van der Waals surface area contributed by atoms with Crippen molar-refractivity contribution in [2.24, 2.45) is 0 Å². The molecular weight excluding hydrogens is 587 g/mol. The predicted molar refractivity (Wildman–Crippen MR) is 183 cm³/mol. The second-order valence-electron chi connectivity index (χ2n) is 11.3. The molecule has 8 aromatic rings. The molecule has 0 atom stereocenters. The minimum atomic E-state index is 0.142. The zero-order chi connectivity index (χ0) is 30.3. The van der Waals surface area contributed by atoms with Crippen LogP contribution in [-0.2, 0) is 0 Å². The van der Waals surface area contributed by atoms with Crippen molar-refractivity contribution in [1.82, 2.24) is 9.13 Å². The number of aromatic hydroxyl groups is 2. The van der Waals surface area contributed by atoms with Crippen LogP contribution < -0.4 is 0 Å². The number of aromatic nitrogens is 2. The Balaban J connectivity index is 1.46. The van der Waals surface area contributed by atoms with Gasteiger partial charge in [-0.15, -0.1) is 0 Å². The molecule has 0 radical (unpaired) electrons. The van der Waals surface area contributed by atoms with Crippen LogP contribution in [0.3, 0.4) is 0 Å². The highest BCUT2D eigenvalue weighted by Crippen LogP contribution is 2.51. The first-order valence-corrected chi connectivity index (χ1v) is 15.1. The average molecular weight is 614 g/mol. The smallest absolute Gasteiger partial charge is 0.133 e. The van der Waals surface area contributed by atoms with Gasteiger partial charge in [0.2, 0.25) is 0 Å². The van der Waals surface area contributed by atoms with Gasteiger partial charge >= 0.3 is 0 Å². The minimum Gasteiger partial charge on any atom is -0.507 e. The van der Waals surface area contributed by atoms with E-state index >= 15 is 0 Å². The van der Waals surface area contributed by atoms with Crippen LogP contribution in [0.25, 0.3) is 66.1 Å². The Morgan fingerprint density at radius 1 is 0.477 bits per heavy atom. The molecule has 0 aliphatic heterocycles. The molecule has 0 aliphatic rings. The summed E-state index contributed by atoms with van der Waals surface area (Å²) in [5.74, 6) is 0.284. The van der Waals surface area contributed by atoms with E-state index in [0.29, 0.717) is 21.2 Å². The first-order valence-electron chi connectivity index (χ1n) is 14.4. The van der Waals surface area contributed by atoms with Crippen molar-refractivity contribution >= 4 is 66.8 Å². The van der Waals surface area contributed by atoms with E-state index in [2.05, 4.69) is 33.4 Å². The van der Waals surface area contributed by atoms with Crippen molar-refractivity contribution in [2.45, 2.75) is 13.8 Å². The van der Waals surface area contributed by atoms with Gasteiger partial charge < -0.3 is 19.3 Å². The summed E-state index contributed by atoms with van der Waals surface area (Å²) in [6.07, 6.45) is 0. The van der Waals surface area contributed by atoms with E-state index in [9.17, 15) is 10.2 Å². The number of nitrogens with zero attached hydrogens (tertiary/aromatic N) is 2. The first-order chi connectivity index (χ1) is 21.3. The standard InChI is InChI=1S/C38H26Cl2N2O2/c1-21-19-31-35(27-7-3-5-9-29(27)41(31)25-15-11-23(39)12-16-25)37(43)33(21)34-22(2)20-32-36(38(34)44)28-8-4-6-10-30(28)42(32)26-17-13-24(40)14-18-26/h3-20,43-44H,1-2H3. The highest BCUT2D eigenvalue weighted by Gasteiger charge is 2.26. The van der Waals surface area contributed by atoms with Gasteiger partial charge in [0.05, 0.1) is 32.8 Å². The first kappa shape index (κ1) is 26.7. The number of benzene rings is 6. The molecule has 0 saturated heterocycles. The Morgan fingerprint density at radius 3 is 1.23 bits per heavy atom. The molecule has 0 amide bonds. The number of phenols is 2. The molecule has 4 nitrogen and oxygen atoms in total. The molecule has 0 fully saturated rings. The van der Waals surface area contributed by atoms with Crippen LogP contribution in [0.15, 0.2) is 109 Å². The van der Waals surface area contributed by atoms with Crippen LogP contribution in [0.5, 0.6) is 11.5 Å². The Bertz CT molecular complexity index is 2260. The second-order valence-corrected chi connectivity index (χ2v) is 12.2. The van der Waals surface area contributed by atoms with Crippen LogP contribution in [0.4, 0.5) is 0 Å². The molecular formula is C38H26Cl2N2O2. The van der Waals surface area contributed by atoms with Crippen molar-refractivity contribution in [2.75, 3.05) is 0 Å². The van der Waals surface area contributed by atoms with Crippen molar-refractivity contribution < 1.29 is 10.2 Å². The lowest BCUT2D eigenvalue weighted by Gasteiger charge is -2.17. The Kier molecular flexibility index (Phi) is 5.96. The summed E-state index contributed by atoms with van der Waals surface area (Å²) in [5.41, 5.74) is 8.55. The molecule has 8 rings (SSSR count). The predicted octanol–water partition coefficient (Wildman–Crippen LogP) is 10.9. The van der Waals surface area contributed by atoms with Crippen molar-refractivity contribution in [3.05, 3.63) is 130 Å². The molecule has 0 unspecified atom stereocenters. The van der Waals surface area contributed by atoms with Crippen LogP contribution in [0, 0.1) is 13.8 Å². The summed E-state index contributed by atoms with van der Waals surface area (Å²) in [7, 11) is 0. The van der Waals surface area contributed by atoms with E-state index in [1.54, 1.807) is 0 Å². The number of aryl methyl sites for hydroxylation is 2. The van der Waals surface area contributed by atoms with Crippen molar-refractivity contribution in [3.8, 4) is 34.0 Å². The number of fused-ring (bicyclic) bond motifs is 6. The van der Waals surface area contributed by atoms with Gasteiger partial charge in [-0.2, -0.15) is 0 Å². The van der Waals surface area contributed by atoms with Crippen molar-refractivity contribution in [3.63, 3.8) is 0 Å². The molecule has 2 aromatic heterocycles. The molecule has 44 heavy (non-hydrogen) atoms. The molecule has 0 spiro atoms. The third-order valence-corrected chi connectivity index (χ3v) is 9.19. The lowest BCUT2D eigenvalue weighted by molar-refractivity contribution is 0.475. The van der Waals surface area contributed by atoms with Gasteiger partial charge in [-0.1, -0.05) is 59.6 Å². The van der Waals surface area contributed by atoms with Gasteiger partial charge in [-0.05, 0) is 97.8 Å². The maximum absolute atomic E-state index is 12.2. The second kappa shape index (κ2) is 9.81. The number of rotatable bonds is 3. The van der Waals surface area contributed by atoms with Crippen LogP contribution in [0.1, 0.15) is 11.1 Å². The maximum Gasteiger partial charge on any atom is 0.133 e. The number of hydrogen-bond donors (Lipinski definition) is 2. The number of para-hydroxylation sites is 2. The van der Waals surface area contributed by atoms with Crippen LogP contribution >= 0.6 is 23.2 Å². The Hall–Kier alpha value is -4.90. The lowest BCUT2D eigenvalue weighted by atomic mass is 9.91. The molecule has 2 heterocycles.